The Bertz CT molecular complexity index is 579. The van der Waals surface area contributed by atoms with E-state index in [1.165, 1.54) is 60.1 Å². The number of aromatic amines is 1. The van der Waals surface area contributed by atoms with E-state index in [-0.39, 0.29) is 0 Å². The fourth-order valence-corrected chi connectivity index (χ4v) is 3.14. The van der Waals surface area contributed by atoms with Crippen molar-refractivity contribution in [2.45, 2.75) is 26.7 Å². The van der Waals surface area contributed by atoms with Crippen LogP contribution in [0.15, 0.2) is 18.3 Å². The molecule has 3 heteroatoms. The molecule has 0 saturated carbocycles. The molecule has 2 N–H and O–H groups in total. The first kappa shape index (κ1) is 13.7. The Morgan fingerprint density at radius 1 is 1.15 bits per heavy atom. The molecule has 2 heterocycles. The third-order valence-corrected chi connectivity index (χ3v) is 4.60. The number of nitrogens with zero attached hydrogens (tertiary/aromatic N) is 1. The van der Waals surface area contributed by atoms with Gasteiger partial charge in [-0.25, -0.2) is 0 Å². The molecule has 0 radical (unpaired) electrons. The van der Waals surface area contributed by atoms with E-state index in [2.05, 4.69) is 47.4 Å². The minimum atomic E-state index is 1.14. The maximum absolute atomic E-state index is 3.46. The molecule has 2 aromatic rings. The van der Waals surface area contributed by atoms with Gasteiger partial charge < -0.3 is 15.2 Å². The lowest BCUT2D eigenvalue weighted by molar-refractivity contribution is 0.238. The molecule has 20 heavy (non-hydrogen) atoms. The molecule has 0 spiro atoms. The van der Waals surface area contributed by atoms with Crippen molar-refractivity contribution in [3.63, 3.8) is 0 Å². The normalized spacial score (nSPS) is 16.9. The number of aromatic nitrogens is 1. The predicted octanol–water partition coefficient (Wildman–Crippen LogP) is 2.62. The Hall–Kier alpha value is -1.32. The van der Waals surface area contributed by atoms with Gasteiger partial charge in [-0.05, 0) is 49.9 Å². The van der Waals surface area contributed by atoms with Crippen molar-refractivity contribution < 1.29 is 0 Å². The molecule has 0 atom stereocenters. The molecule has 1 aromatic carbocycles. The molecule has 3 nitrogen and oxygen atoms in total. The molecule has 0 aliphatic carbocycles. The monoisotopic (exact) mass is 271 g/mol. The summed E-state index contributed by atoms with van der Waals surface area (Å²) >= 11 is 0. The van der Waals surface area contributed by atoms with Gasteiger partial charge in [0.25, 0.3) is 0 Å². The fraction of sp³-hybridized carbons (Fsp3) is 0.529. The second-order valence-electron chi connectivity index (χ2n) is 5.94. The average Bonchev–Trinajstić information content (AvgIpc) is 2.88. The zero-order valence-corrected chi connectivity index (χ0v) is 12.6. The maximum Gasteiger partial charge on any atom is 0.0489 e. The Labute approximate surface area is 121 Å². The summed E-state index contributed by atoms with van der Waals surface area (Å²) in [6.07, 6.45) is 4.63. The molecule has 0 unspecified atom stereocenters. The highest BCUT2D eigenvalue weighted by Crippen LogP contribution is 2.24. The molecule has 3 rings (SSSR count). The van der Waals surface area contributed by atoms with Gasteiger partial charge in [0, 0.05) is 43.3 Å². The molecular weight excluding hydrogens is 246 g/mol. The number of rotatable bonds is 4. The van der Waals surface area contributed by atoms with Crippen molar-refractivity contribution in [3.05, 3.63) is 35.0 Å². The Kier molecular flexibility index (Phi) is 4.08. The van der Waals surface area contributed by atoms with Gasteiger partial charge in [-0.15, -0.1) is 0 Å². The Balaban J connectivity index is 1.64. The lowest BCUT2D eigenvalue weighted by atomic mass is 10.0. The van der Waals surface area contributed by atoms with E-state index in [4.69, 9.17) is 0 Å². The summed E-state index contributed by atoms with van der Waals surface area (Å²) in [7, 11) is 0. The lowest BCUT2D eigenvalue weighted by Crippen LogP contribution is -2.43. The molecule has 1 aliphatic heterocycles. The molecule has 1 fully saturated rings. The van der Waals surface area contributed by atoms with E-state index in [1.807, 2.05) is 0 Å². The molecule has 1 aromatic heterocycles. The highest BCUT2D eigenvalue weighted by atomic mass is 15.2. The van der Waals surface area contributed by atoms with Crippen molar-refractivity contribution in [1.29, 1.82) is 0 Å². The van der Waals surface area contributed by atoms with Crippen molar-refractivity contribution in [3.8, 4) is 0 Å². The zero-order valence-electron chi connectivity index (χ0n) is 12.6. The predicted molar refractivity (Wildman–Crippen MR) is 85.4 cm³/mol. The zero-order chi connectivity index (χ0) is 13.9. The number of aryl methyl sites for hydroxylation is 3. The van der Waals surface area contributed by atoms with Crippen molar-refractivity contribution >= 4 is 10.9 Å². The second kappa shape index (κ2) is 5.98. The quantitative estimate of drug-likeness (QED) is 0.895. The van der Waals surface area contributed by atoms with Crippen LogP contribution in [-0.4, -0.2) is 42.6 Å². The summed E-state index contributed by atoms with van der Waals surface area (Å²) in [5.74, 6) is 0. The SMILES string of the molecule is Cc1ccc2c(CCCN3CCNCC3)c[nH]c2c1C. The van der Waals surface area contributed by atoms with Gasteiger partial charge in [-0.1, -0.05) is 12.1 Å². The van der Waals surface area contributed by atoms with Crippen LogP contribution in [0.25, 0.3) is 10.9 Å². The smallest absolute Gasteiger partial charge is 0.0489 e. The van der Waals surface area contributed by atoms with E-state index in [9.17, 15) is 0 Å². The first-order valence-electron chi connectivity index (χ1n) is 7.75. The third-order valence-electron chi connectivity index (χ3n) is 4.60. The summed E-state index contributed by atoms with van der Waals surface area (Å²) < 4.78 is 0. The Morgan fingerprint density at radius 3 is 2.75 bits per heavy atom. The van der Waals surface area contributed by atoms with Gasteiger partial charge >= 0.3 is 0 Å². The number of nitrogens with one attached hydrogen (secondary N) is 2. The van der Waals surface area contributed by atoms with E-state index < -0.39 is 0 Å². The van der Waals surface area contributed by atoms with Gasteiger partial charge in [0.2, 0.25) is 0 Å². The summed E-state index contributed by atoms with van der Waals surface area (Å²) in [5.41, 5.74) is 5.54. The largest absolute Gasteiger partial charge is 0.361 e. The molecule has 1 aliphatic rings. The summed E-state index contributed by atoms with van der Waals surface area (Å²) in [6.45, 7) is 10.3. The summed E-state index contributed by atoms with van der Waals surface area (Å²) in [4.78, 5) is 6.03. The summed E-state index contributed by atoms with van der Waals surface area (Å²) in [6, 6.07) is 4.51. The molecule has 108 valence electrons. The van der Waals surface area contributed by atoms with E-state index in [0.29, 0.717) is 0 Å². The number of fused-ring (bicyclic) bond motifs is 1. The maximum atomic E-state index is 3.46. The van der Waals surface area contributed by atoms with Crippen LogP contribution >= 0.6 is 0 Å². The number of hydrogen-bond acceptors (Lipinski definition) is 2. The van der Waals surface area contributed by atoms with Crippen LogP contribution in [0.2, 0.25) is 0 Å². The average molecular weight is 271 g/mol. The number of piperazine rings is 1. The van der Waals surface area contributed by atoms with E-state index in [1.54, 1.807) is 0 Å². The highest BCUT2D eigenvalue weighted by Gasteiger charge is 2.10. The van der Waals surface area contributed by atoms with E-state index in [0.717, 1.165) is 13.1 Å². The topological polar surface area (TPSA) is 31.1 Å². The number of hydrogen-bond donors (Lipinski definition) is 2. The van der Waals surface area contributed by atoms with Crippen LogP contribution < -0.4 is 5.32 Å². The van der Waals surface area contributed by atoms with Crippen LogP contribution in [0.4, 0.5) is 0 Å². The molecular formula is C17H25N3. The fourth-order valence-electron chi connectivity index (χ4n) is 3.14. The van der Waals surface area contributed by atoms with Gasteiger partial charge in [0.05, 0.1) is 0 Å². The van der Waals surface area contributed by atoms with Crippen LogP contribution in [-0.2, 0) is 6.42 Å². The molecule has 0 amide bonds. The standard InChI is InChI=1S/C17H25N3/c1-13-5-6-16-15(12-19-17(16)14(13)2)4-3-9-20-10-7-18-8-11-20/h5-6,12,18-19H,3-4,7-11H2,1-2H3. The van der Waals surface area contributed by atoms with Crippen molar-refractivity contribution in [2.75, 3.05) is 32.7 Å². The molecule has 0 bridgehead atoms. The van der Waals surface area contributed by atoms with Gasteiger partial charge in [-0.3, -0.25) is 0 Å². The van der Waals surface area contributed by atoms with Crippen molar-refractivity contribution in [1.82, 2.24) is 15.2 Å². The van der Waals surface area contributed by atoms with E-state index >= 15 is 0 Å². The first-order chi connectivity index (χ1) is 9.75. The van der Waals surface area contributed by atoms with Crippen molar-refractivity contribution in [2.24, 2.45) is 0 Å². The minimum Gasteiger partial charge on any atom is -0.361 e. The number of benzene rings is 1. The second-order valence-corrected chi connectivity index (χ2v) is 5.94. The Morgan fingerprint density at radius 2 is 1.95 bits per heavy atom. The highest BCUT2D eigenvalue weighted by molar-refractivity contribution is 5.86. The van der Waals surface area contributed by atoms with Gasteiger partial charge in [0.1, 0.15) is 0 Å². The van der Waals surface area contributed by atoms with Crippen LogP contribution in [0.3, 0.4) is 0 Å². The molecule has 1 saturated heterocycles. The number of H-pyrrole nitrogens is 1. The third kappa shape index (κ3) is 2.74. The summed E-state index contributed by atoms with van der Waals surface area (Å²) in [5, 5.41) is 4.82. The lowest BCUT2D eigenvalue weighted by Gasteiger charge is -2.26. The first-order valence-corrected chi connectivity index (χ1v) is 7.75. The van der Waals surface area contributed by atoms with Gasteiger partial charge in [-0.2, -0.15) is 0 Å². The van der Waals surface area contributed by atoms with Crippen LogP contribution in [0, 0.1) is 13.8 Å². The van der Waals surface area contributed by atoms with Crippen LogP contribution in [0.1, 0.15) is 23.1 Å². The minimum absolute atomic E-state index is 1.14. The van der Waals surface area contributed by atoms with Gasteiger partial charge in [0.15, 0.2) is 0 Å². The van der Waals surface area contributed by atoms with Crippen LogP contribution in [0.5, 0.6) is 0 Å².